The van der Waals surface area contributed by atoms with Crippen LogP contribution in [0.2, 0.25) is 0 Å². The number of carbonyl (C=O) groups is 1. The minimum absolute atomic E-state index is 0.00505. The van der Waals surface area contributed by atoms with Crippen molar-refractivity contribution in [2.24, 2.45) is 0 Å². The van der Waals surface area contributed by atoms with Gasteiger partial charge in [-0.3, -0.25) is 4.79 Å². The molecule has 1 aromatic rings. The largest absolute Gasteiger partial charge is 0.484 e. The van der Waals surface area contributed by atoms with E-state index in [4.69, 9.17) is 4.74 Å². The van der Waals surface area contributed by atoms with E-state index in [1.165, 1.54) is 0 Å². The third kappa shape index (κ3) is 4.75. The quantitative estimate of drug-likeness (QED) is 0.837. The van der Waals surface area contributed by atoms with Gasteiger partial charge in [0.15, 0.2) is 6.61 Å². The highest BCUT2D eigenvalue weighted by atomic mass is 16.5. The Bertz CT molecular complexity index is 363. The first-order chi connectivity index (χ1) is 8.50. The predicted octanol–water partition coefficient (Wildman–Crippen LogP) is 1.68. The van der Waals surface area contributed by atoms with Crippen LogP contribution in [-0.2, 0) is 4.79 Å². The van der Waals surface area contributed by atoms with Crippen molar-refractivity contribution < 1.29 is 14.6 Å². The molecule has 0 fully saturated rings. The average Bonchev–Trinajstić information content (AvgIpc) is 2.34. The molecule has 0 bridgehead atoms. The van der Waals surface area contributed by atoms with Crippen LogP contribution in [0.15, 0.2) is 30.3 Å². The van der Waals surface area contributed by atoms with E-state index in [9.17, 15) is 9.90 Å². The van der Waals surface area contributed by atoms with Gasteiger partial charge in [0.25, 0.3) is 5.91 Å². The molecule has 1 N–H and O–H groups in total. The number of nitrogens with zero attached hydrogens (tertiary/aromatic N) is 1. The van der Waals surface area contributed by atoms with Crippen molar-refractivity contribution in [3.05, 3.63) is 30.3 Å². The number of benzene rings is 1. The molecule has 1 unspecified atom stereocenters. The first-order valence-corrected chi connectivity index (χ1v) is 6.16. The van der Waals surface area contributed by atoms with E-state index in [-0.39, 0.29) is 18.6 Å². The Morgan fingerprint density at radius 2 is 1.89 bits per heavy atom. The Balaban J connectivity index is 2.52. The van der Waals surface area contributed by atoms with Crippen LogP contribution in [0.4, 0.5) is 0 Å². The van der Waals surface area contributed by atoms with Gasteiger partial charge in [0, 0.05) is 12.6 Å². The summed E-state index contributed by atoms with van der Waals surface area (Å²) in [5.74, 6) is 0.557. The van der Waals surface area contributed by atoms with Gasteiger partial charge in [0.05, 0.1) is 6.10 Å². The molecule has 100 valence electrons. The van der Waals surface area contributed by atoms with Crippen LogP contribution in [0.5, 0.6) is 5.75 Å². The normalized spacial score (nSPS) is 12.3. The lowest BCUT2D eigenvalue weighted by Gasteiger charge is -2.27. The molecule has 0 aromatic heterocycles. The standard InChI is InChI=1S/C14H21NO3/c1-11(2)15(9-12(3)16)14(17)10-18-13-7-5-4-6-8-13/h4-8,11-12,16H,9-10H2,1-3H3. The van der Waals surface area contributed by atoms with Gasteiger partial charge in [-0.05, 0) is 32.9 Å². The predicted molar refractivity (Wildman–Crippen MR) is 70.5 cm³/mol. The van der Waals surface area contributed by atoms with Crippen LogP contribution in [0.25, 0.3) is 0 Å². The van der Waals surface area contributed by atoms with E-state index >= 15 is 0 Å². The van der Waals surface area contributed by atoms with Crippen LogP contribution in [-0.4, -0.2) is 41.2 Å². The Kier molecular flexibility index (Phi) is 5.65. The number of para-hydroxylation sites is 1. The van der Waals surface area contributed by atoms with Gasteiger partial charge in [0.2, 0.25) is 0 Å². The Labute approximate surface area is 108 Å². The summed E-state index contributed by atoms with van der Waals surface area (Å²) in [6, 6.07) is 9.27. The highest BCUT2D eigenvalue weighted by Gasteiger charge is 2.18. The van der Waals surface area contributed by atoms with Crippen LogP contribution in [0.1, 0.15) is 20.8 Å². The first kappa shape index (κ1) is 14.5. The van der Waals surface area contributed by atoms with Crippen molar-refractivity contribution >= 4 is 5.91 Å². The summed E-state index contributed by atoms with van der Waals surface area (Å²) in [6.07, 6.45) is -0.534. The second-order valence-electron chi connectivity index (χ2n) is 4.59. The zero-order valence-corrected chi connectivity index (χ0v) is 11.2. The SMILES string of the molecule is CC(O)CN(C(=O)COc1ccccc1)C(C)C. The molecule has 1 rings (SSSR count). The number of aliphatic hydroxyl groups excluding tert-OH is 1. The van der Waals surface area contributed by atoms with Gasteiger partial charge in [-0.2, -0.15) is 0 Å². The van der Waals surface area contributed by atoms with E-state index in [1.54, 1.807) is 11.8 Å². The lowest BCUT2D eigenvalue weighted by Crippen LogP contribution is -2.43. The summed E-state index contributed by atoms with van der Waals surface area (Å²) in [5, 5.41) is 9.37. The number of hydrogen-bond donors (Lipinski definition) is 1. The summed E-state index contributed by atoms with van der Waals surface area (Å²) >= 11 is 0. The van der Waals surface area contributed by atoms with Crippen LogP contribution in [0.3, 0.4) is 0 Å². The lowest BCUT2D eigenvalue weighted by atomic mass is 10.2. The fourth-order valence-electron chi connectivity index (χ4n) is 1.63. The molecule has 1 atom stereocenters. The number of amides is 1. The van der Waals surface area contributed by atoms with E-state index < -0.39 is 6.10 Å². The molecule has 0 aliphatic heterocycles. The van der Waals surface area contributed by atoms with Gasteiger partial charge in [-0.15, -0.1) is 0 Å². The van der Waals surface area contributed by atoms with Crippen molar-refractivity contribution in [3.8, 4) is 5.75 Å². The third-order valence-electron chi connectivity index (χ3n) is 2.51. The van der Waals surface area contributed by atoms with Crippen LogP contribution >= 0.6 is 0 Å². The number of ether oxygens (including phenoxy) is 1. The molecule has 0 saturated carbocycles. The summed E-state index contributed by atoms with van der Waals surface area (Å²) in [5.41, 5.74) is 0. The lowest BCUT2D eigenvalue weighted by molar-refractivity contribution is -0.136. The molecule has 0 heterocycles. The molecular formula is C14H21NO3. The maximum Gasteiger partial charge on any atom is 0.260 e. The molecule has 1 amide bonds. The Morgan fingerprint density at radius 1 is 1.28 bits per heavy atom. The van der Waals surface area contributed by atoms with Gasteiger partial charge >= 0.3 is 0 Å². The second-order valence-corrected chi connectivity index (χ2v) is 4.59. The third-order valence-corrected chi connectivity index (χ3v) is 2.51. The van der Waals surface area contributed by atoms with E-state index in [0.29, 0.717) is 12.3 Å². The van der Waals surface area contributed by atoms with Crippen molar-refractivity contribution in [2.45, 2.75) is 32.9 Å². The highest BCUT2D eigenvalue weighted by Crippen LogP contribution is 2.09. The molecule has 0 spiro atoms. The number of rotatable bonds is 6. The van der Waals surface area contributed by atoms with Gasteiger partial charge in [-0.25, -0.2) is 0 Å². The number of aliphatic hydroxyl groups is 1. The maximum atomic E-state index is 12.0. The van der Waals surface area contributed by atoms with Gasteiger partial charge in [0.1, 0.15) is 5.75 Å². The molecule has 4 heteroatoms. The summed E-state index contributed by atoms with van der Waals surface area (Å²) < 4.78 is 5.41. The minimum atomic E-state index is -0.534. The fraction of sp³-hybridized carbons (Fsp3) is 0.500. The van der Waals surface area contributed by atoms with E-state index in [0.717, 1.165) is 0 Å². The van der Waals surface area contributed by atoms with Crippen LogP contribution < -0.4 is 4.74 Å². The van der Waals surface area contributed by atoms with E-state index in [2.05, 4.69) is 0 Å². The molecule has 4 nitrogen and oxygen atoms in total. The minimum Gasteiger partial charge on any atom is -0.484 e. The molecular weight excluding hydrogens is 230 g/mol. The van der Waals surface area contributed by atoms with Crippen molar-refractivity contribution in [1.29, 1.82) is 0 Å². The highest BCUT2D eigenvalue weighted by molar-refractivity contribution is 5.78. The smallest absolute Gasteiger partial charge is 0.260 e. The van der Waals surface area contributed by atoms with Gasteiger partial charge in [-0.1, -0.05) is 18.2 Å². The van der Waals surface area contributed by atoms with Gasteiger partial charge < -0.3 is 14.7 Å². The van der Waals surface area contributed by atoms with Crippen molar-refractivity contribution in [2.75, 3.05) is 13.2 Å². The maximum absolute atomic E-state index is 12.0. The topological polar surface area (TPSA) is 49.8 Å². The molecule has 0 radical (unpaired) electrons. The summed E-state index contributed by atoms with van der Waals surface area (Å²) in [7, 11) is 0. The molecule has 0 aliphatic rings. The number of hydrogen-bond acceptors (Lipinski definition) is 3. The zero-order chi connectivity index (χ0) is 13.5. The summed E-state index contributed by atoms with van der Waals surface area (Å²) in [4.78, 5) is 13.6. The number of carbonyl (C=O) groups excluding carboxylic acids is 1. The molecule has 0 saturated heterocycles. The van der Waals surface area contributed by atoms with Crippen LogP contribution in [0, 0.1) is 0 Å². The second kappa shape index (κ2) is 7.01. The Hall–Kier alpha value is -1.55. The van der Waals surface area contributed by atoms with E-state index in [1.807, 2.05) is 44.2 Å². The molecule has 1 aromatic carbocycles. The fourth-order valence-corrected chi connectivity index (χ4v) is 1.63. The Morgan fingerprint density at radius 3 is 2.39 bits per heavy atom. The summed E-state index contributed by atoms with van der Waals surface area (Å²) in [6.45, 7) is 5.83. The average molecular weight is 251 g/mol. The van der Waals surface area contributed by atoms with Crippen molar-refractivity contribution in [3.63, 3.8) is 0 Å². The zero-order valence-electron chi connectivity index (χ0n) is 11.2. The molecule has 0 aliphatic carbocycles. The first-order valence-electron chi connectivity index (χ1n) is 6.16. The molecule has 18 heavy (non-hydrogen) atoms. The monoisotopic (exact) mass is 251 g/mol. The van der Waals surface area contributed by atoms with Crippen molar-refractivity contribution in [1.82, 2.24) is 4.90 Å².